The molecular weight excluding hydrogens is 284 g/mol. The predicted octanol–water partition coefficient (Wildman–Crippen LogP) is 1.18. The standard InChI is InChI=1S/C8H6O4.C5H6O4/c9-7(10)5-3-1-2-4-6(5)8(11)12;1-3(5(8)9)2-4(6)7/h1-4H,(H,9,10)(H,11,12);2H,1H3,(H,6,7)(H,8,9). The highest BCUT2D eigenvalue weighted by molar-refractivity contribution is 6.01. The molecule has 0 aliphatic heterocycles. The third kappa shape index (κ3) is 6.53. The smallest absolute Gasteiger partial charge is 0.336 e. The number of hydrogen-bond donors (Lipinski definition) is 4. The minimum atomic E-state index is -1.24. The lowest BCUT2D eigenvalue weighted by atomic mass is 10.1. The van der Waals surface area contributed by atoms with Gasteiger partial charge in [0.15, 0.2) is 0 Å². The van der Waals surface area contributed by atoms with Crippen LogP contribution in [0.1, 0.15) is 27.6 Å². The normalized spacial score (nSPS) is 10.0. The van der Waals surface area contributed by atoms with Gasteiger partial charge in [-0.15, -0.1) is 0 Å². The average Bonchev–Trinajstić information content (AvgIpc) is 2.38. The van der Waals surface area contributed by atoms with Crippen molar-refractivity contribution in [1.82, 2.24) is 0 Å². The summed E-state index contributed by atoms with van der Waals surface area (Å²) in [6.07, 6.45) is 0.641. The molecule has 0 aromatic heterocycles. The van der Waals surface area contributed by atoms with Crippen LogP contribution in [-0.2, 0) is 9.59 Å². The number of hydrogen-bond acceptors (Lipinski definition) is 4. The third-order valence-electron chi connectivity index (χ3n) is 2.07. The lowest BCUT2D eigenvalue weighted by Gasteiger charge is -1.98. The first-order valence-corrected chi connectivity index (χ1v) is 5.37. The van der Waals surface area contributed by atoms with E-state index in [9.17, 15) is 19.2 Å². The van der Waals surface area contributed by atoms with Gasteiger partial charge in [-0.1, -0.05) is 12.1 Å². The van der Waals surface area contributed by atoms with Crippen molar-refractivity contribution in [2.24, 2.45) is 0 Å². The topological polar surface area (TPSA) is 149 Å². The van der Waals surface area contributed by atoms with Crippen molar-refractivity contribution in [3.05, 3.63) is 47.0 Å². The zero-order valence-electron chi connectivity index (χ0n) is 10.8. The summed E-state index contributed by atoms with van der Waals surface area (Å²) >= 11 is 0. The summed E-state index contributed by atoms with van der Waals surface area (Å²) in [5.41, 5.74) is -0.558. The van der Waals surface area contributed by atoms with E-state index in [4.69, 9.17) is 20.4 Å². The largest absolute Gasteiger partial charge is 0.478 e. The molecule has 0 saturated carbocycles. The maximum atomic E-state index is 10.5. The zero-order valence-corrected chi connectivity index (χ0v) is 10.8. The SMILES string of the molecule is CC(=CC(=O)O)C(=O)O.O=C(O)c1ccccc1C(=O)O. The van der Waals surface area contributed by atoms with E-state index in [0.717, 1.165) is 0 Å². The molecule has 21 heavy (non-hydrogen) atoms. The Hall–Kier alpha value is -3.16. The number of rotatable bonds is 4. The summed E-state index contributed by atoms with van der Waals surface area (Å²) in [6.45, 7) is 1.22. The fourth-order valence-electron chi connectivity index (χ4n) is 1.10. The van der Waals surface area contributed by atoms with E-state index >= 15 is 0 Å². The Balaban J connectivity index is 0.000000400. The number of benzene rings is 1. The summed E-state index contributed by atoms with van der Waals surface area (Å²) in [4.78, 5) is 40.6. The Labute approximate surface area is 118 Å². The van der Waals surface area contributed by atoms with Crippen LogP contribution in [0.3, 0.4) is 0 Å². The molecule has 1 aromatic carbocycles. The molecule has 112 valence electrons. The summed E-state index contributed by atoms with van der Waals surface area (Å²) < 4.78 is 0. The van der Waals surface area contributed by atoms with E-state index in [-0.39, 0.29) is 16.7 Å². The van der Waals surface area contributed by atoms with Crippen LogP contribution in [-0.4, -0.2) is 44.3 Å². The van der Waals surface area contributed by atoms with Crippen molar-refractivity contribution >= 4 is 23.9 Å². The number of carboxylic acids is 4. The zero-order chi connectivity index (χ0) is 16.6. The number of aliphatic carboxylic acids is 2. The van der Waals surface area contributed by atoms with Crippen molar-refractivity contribution in [3.8, 4) is 0 Å². The molecule has 0 aliphatic rings. The highest BCUT2D eigenvalue weighted by Gasteiger charge is 2.13. The van der Waals surface area contributed by atoms with Crippen LogP contribution in [0.5, 0.6) is 0 Å². The van der Waals surface area contributed by atoms with Gasteiger partial charge in [0.2, 0.25) is 0 Å². The van der Waals surface area contributed by atoms with Gasteiger partial charge in [-0.05, 0) is 19.1 Å². The first-order valence-electron chi connectivity index (χ1n) is 5.37. The van der Waals surface area contributed by atoms with Crippen LogP contribution in [0.25, 0.3) is 0 Å². The minimum absolute atomic E-state index is 0.178. The molecule has 1 aromatic rings. The van der Waals surface area contributed by atoms with Crippen LogP contribution < -0.4 is 0 Å². The molecule has 0 saturated heterocycles. The van der Waals surface area contributed by atoms with Gasteiger partial charge in [0.1, 0.15) is 0 Å². The van der Waals surface area contributed by atoms with E-state index in [1.807, 2.05) is 0 Å². The molecule has 0 amide bonds. The molecule has 1 rings (SSSR count). The van der Waals surface area contributed by atoms with E-state index in [2.05, 4.69) is 0 Å². The van der Waals surface area contributed by atoms with Gasteiger partial charge in [0, 0.05) is 11.6 Å². The number of carboxylic acid groups (broad SMARTS) is 4. The average molecular weight is 296 g/mol. The summed E-state index contributed by atoms with van der Waals surface area (Å²) in [7, 11) is 0. The first-order chi connectivity index (χ1) is 9.66. The quantitative estimate of drug-likeness (QED) is 0.605. The Bertz CT molecular complexity index is 567. The van der Waals surface area contributed by atoms with Crippen molar-refractivity contribution in [2.45, 2.75) is 6.92 Å². The second-order valence-corrected chi connectivity index (χ2v) is 3.63. The summed E-state index contributed by atoms with van der Waals surface area (Å²) in [6, 6.07) is 5.48. The second kappa shape index (κ2) is 8.10. The van der Waals surface area contributed by atoms with Crippen molar-refractivity contribution in [2.75, 3.05) is 0 Å². The lowest BCUT2D eigenvalue weighted by Crippen LogP contribution is -2.06. The summed E-state index contributed by atoms with van der Waals surface area (Å²) in [5.74, 6) is -4.91. The summed E-state index contributed by atoms with van der Waals surface area (Å²) in [5, 5.41) is 33.2. The van der Waals surface area contributed by atoms with Crippen LogP contribution in [0.15, 0.2) is 35.9 Å². The van der Waals surface area contributed by atoms with Crippen LogP contribution >= 0.6 is 0 Å². The van der Waals surface area contributed by atoms with Gasteiger partial charge in [0.25, 0.3) is 0 Å². The van der Waals surface area contributed by atoms with E-state index < -0.39 is 23.9 Å². The molecule has 4 N–H and O–H groups in total. The Morgan fingerprint density at radius 3 is 1.43 bits per heavy atom. The van der Waals surface area contributed by atoms with Gasteiger partial charge >= 0.3 is 23.9 Å². The highest BCUT2D eigenvalue weighted by atomic mass is 16.4. The monoisotopic (exact) mass is 296 g/mol. The maximum absolute atomic E-state index is 10.5. The van der Waals surface area contributed by atoms with E-state index in [1.54, 1.807) is 0 Å². The van der Waals surface area contributed by atoms with Crippen LogP contribution in [0, 0.1) is 0 Å². The van der Waals surface area contributed by atoms with Gasteiger partial charge in [0.05, 0.1) is 11.1 Å². The first kappa shape index (κ1) is 17.8. The molecule has 0 aliphatic carbocycles. The fourth-order valence-corrected chi connectivity index (χ4v) is 1.10. The Morgan fingerprint density at radius 2 is 1.24 bits per heavy atom. The van der Waals surface area contributed by atoms with E-state index in [0.29, 0.717) is 6.08 Å². The molecule has 0 unspecified atom stereocenters. The van der Waals surface area contributed by atoms with Crippen LogP contribution in [0.4, 0.5) is 0 Å². The number of carbonyl (C=O) groups is 4. The van der Waals surface area contributed by atoms with Gasteiger partial charge in [-0.2, -0.15) is 0 Å². The molecule has 8 nitrogen and oxygen atoms in total. The molecule has 0 fully saturated rings. The predicted molar refractivity (Wildman–Crippen MR) is 69.4 cm³/mol. The highest BCUT2D eigenvalue weighted by Crippen LogP contribution is 2.07. The number of aromatic carboxylic acids is 2. The molecular formula is C13H12O8. The van der Waals surface area contributed by atoms with Gasteiger partial charge in [-0.25, -0.2) is 19.2 Å². The van der Waals surface area contributed by atoms with E-state index in [1.165, 1.54) is 31.2 Å². The Morgan fingerprint density at radius 1 is 0.857 bits per heavy atom. The molecule has 0 spiro atoms. The van der Waals surface area contributed by atoms with Gasteiger partial charge < -0.3 is 20.4 Å². The third-order valence-corrected chi connectivity index (χ3v) is 2.07. The second-order valence-electron chi connectivity index (χ2n) is 3.63. The van der Waals surface area contributed by atoms with Gasteiger partial charge in [-0.3, -0.25) is 0 Å². The molecule has 8 heteroatoms. The molecule has 0 bridgehead atoms. The Kier molecular flexibility index (Phi) is 6.88. The minimum Gasteiger partial charge on any atom is -0.478 e. The fraction of sp³-hybridized carbons (Fsp3) is 0.0769. The molecule has 0 heterocycles. The molecule has 0 radical (unpaired) electrons. The van der Waals surface area contributed by atoms with Crippen molar-refractivity contribution in [3.63, 3.8) is 0 Å². The van der Waals surface area contributed by atoms with Crippen molar-refractivity contribution in [1.29, 1.82) is 0 Å². The molecule has 0 atom stereocenters. The maximum Gasteiger partial charge on any atom is 0.336 e. The lowest BCUT2D eigenvalue weighted by molar-refractivity contribution is -0.135. The van der Waals surface area contributed by atoms with Crippen LogP contribution in [0.2, 0.25) is 0 Å². The van der Waals surface area contributed by atoms with Crippen molar-refractivity contribution < 1.29 is 39.6 Å².